The van der Waals surface area contributed by atoms with Crippen molar-refractivity contribution in [3.05, 3.63) is 36.7 Å². The van der Waals surface area contributed by atoms with Crippen molar-refractivity contribution in [1.29, 1.82) is 0 Å². The van der Waals surface area contributed by atoms with E-state index >= 15 is 0 Å². The zero-order chi connectivity index (χ0) is 16.3. The number of phenols is 2. The molecule has 1 aromatic carbocycles. The van der Waals surface area contributed by atoms with Crippen LogP contribution in [0.5, 0.6) is 11.5 Å². The standard InChI is InChI=1S/C6H6O8S2.C4H5N/c7-4-1-3(15(9,10)11)2-5(6(4)8)16(12,13)14;1-2-4-5-3-1/h1-2,7-8H,(H,9,10,11)(H,12,13,14);1-5H. The maximum atomic E-state index is 10.7. The molecule has 0 unspecified atom stereocenters. The third-order valence-electron chi connectivity index (χ3n) is 2.10. The maximum absolute atomic E-state index is 10.7. The first-order valence-electron chi connectivity index (χ1n) is 5.12. The van der Waals surface area contributed by atoms with Crippen LogP contribution < -0.4 is 0 Å². The SMILES string of the molecule is O=S(=O)(O)c1cc(O)c(O)c(S(=O)(=O)O)c1.c1cc[nH]c1. The monoisotopic (exact) mass is 337 g/mol. The minimum atomic E-state index is -4.92. The van der Waals surface area contributed by atoms with Gasteiger partial charge >= 0.3 is 0 Å². The van der Waals surface area contributed by atoms with E-state index in [0.717, 1.165) is 0 Å². The molecule has 1 heterocycles. The summed E-state index contributed by atoms with van der Waals surface area (Å²) in [6, 6.07) is 4.62. The molecule has 0 spiro atoms. The molecular weight excluding hydrogens is 326 g/mol. The van der Waals surface area contributed by atoms with Gasteiger partial charge < -0.3 is 15.2 Å². The Morgan fingerprint density at radius 2 is 1.38 bits per heavy atom. The van der Waals surface area contributed by atoms with Crippen LogP contribution in [-0.4, -0.2) is 41.1 Å². The van der Waals surface area contributed by atoms with Crippen molar-refractivity contribution in [1.82, 2.24) is 4.98 Å². The molecule has 0 bridgehead atoms. The summed E-state index contributed by atoms with van der Waals surface area (Å²) in [6.07, 6.45) is 3.75. The van der Waals surface area contributed by atoms with E-state index in [4.69, 9.17) is 19.3 Å². The first-order valence-corrected chi connectivity index (χ1v) is 8.00. The topological polar surface area (TPSA) is 165 Å². The summed E-state index contributed by atoms with van der Waals surface area (Å²) in [5.74, 6) is -2.32. The molecule has 0 aliphatic carbocycles. The molecule has 9 nitrogen and oxygen atoms in total. The summed E-state index contributed by atoms with van der Waals surface area (Å²) < 4.78 is 59.9. The zero-order valence-corrected chi connectivity index (χ0v) is 11.8. The van der Waals surface area contributed by atoms with Gasteiger partial charge in [0.1, 0.15) is 4.90 Å². The van der Waals surface area contributed by atoms with Crippen LogP contribution in [0.3, 0.4) is 0 Å². The molecule has 0 radical (unpaired) electrons. The summed E-state index contributed by atoms with van der Waals surface area (Å²) in [7, 11) is -9.70. The van der Waals surface area contributed by atoms with Gasteiger partial charge in [-0.1, -0.05) is 0 Å². The fourth-order valence-electron chi connectivity index (χ4n) is 1.19. The van der Waals surface area contributed by atoms with Crippen molar-refractivity contribution >= 4 is 20.2 Å². The lowest BCUT2D eigenvalue weighted by Gasteiger charge is -2.05. The van der Waals surface area contributed by atoms with Gasteiger partial charge in [-0.3, -0.25) is 9.11 Å². The first kappa shape index (κ1) is 17.0. The van der Waals surface area contributed by atoms with Crippen LogP contribution in [0, 0.1) is 0 Å². The number of benzene rings is 1. The van der Waals surface area contributed by atoms with Crippen molar-refractivity contribution < 1.29 is 36.2 Å². The van der Waals surface area contributed by atoms with Gasteiger partial charge in [0, 0.05) is 18.5 Å². The number of hydrogen-bond acceptors (Lipinski definition) is 6. The van der Waals surface area contributed by atoms with Gasteiger partial charge in [-0.05, 0) is 18.2 Å². The maximum Gasteiger partial charge on any atom is 0.298 e. The average Bonchev–Trinajstić information content (AvgIpc) is 2.88. The van der Waals surface area contributed by atoms with Crippen LogP contribution in [0.1, 0.15) is 0 Å². The van der Waals surface area contributed by atoms with Crippen LogP contribution in [-0.2, 0) is 20.2 Å². The van der Waals surface area contributed by atoms with E-state index in [0.29, 0.717) is 12.1 Å². The number of aromatic nitrogens is 1. The van der Waals surface area contributed by atoms with E-state index in [1.54, 1.807) is 0 Å². The van der Waals surface area contributed by atoms with Gasteiger partial charge in [0.15, 0.2) is 11.5 Å². The summed E-state index contributed by atoms with van der Waals surface area (Å²) in [6.45, 7) is 0. The van der Waals surface area contributed by atoms with Crippen molar-refractivity contribution in [2.75, 3.05) is 0 Å². The number of nitrogens with one attached hydrogen (secondary N) is 1. The van der Waals surface area contributed by atoms with E-state index in [1.165, 1.54) is 0 Å². The summed E-state index contributed by atoms with van der Waals surface area (Å²) >= 11 is 0. The van der Waals surface area contributed by atoms with Crippen LogP contribution in [0.2, 0.25) is 0 Å². The fraction of sp³-hybridized carbons (Fsp3) is 0. The highest BCUT2D eigenvalue weighted by Crippen LogP contribution is 2.34. The average molecular weight is 337 g/mol. The molecule has 0 aliphatic heterocycles. The largest absolute Gasteiger partial charge is 0.504 e. The third kappa shape index (κ3) is 4.75. The minimum Gasteiger partial charge on any atom is -0.504 e. The van der Waals surface area contributed by atoms with Crippen LogP contribution >= 0.6 is 0 Å². The van der Waals surface area contributed by atoms with Gasteiger partial charge in [0.05, 0.1) is 4.90 Å². The Hall–Kier alpha value is -2.08. The third-order valence-corrected chi connectivity index (χ3v) is 3.80. The van der Waals surface area contributed by atoms with Gasteiger partial charge in [-0.2, -0.15) is 16.8 Å². The van der Waals surface area contributed by atoms with E-state index in [9.17, 15) is 16.8 Å². The Balaban J connectivity index is 0.000000369. The highest BCUT2D eigenvalue weighted by atomic mass is 32.2. The van der Waals surface area contributed by atoms with Gasteiger partial charge in [0.25, 0.3) is 20.2 Å². The Morgan fingerprint density at radius 3 is 1.71 bits per heavy atom. The number of aromatic amines is 1. The second-order valence-electron chi connectivity index (χ2n) is 3.62. The fourth-order valence-corrected chi connectivity index (χ4v) is 2.42. The Labute approximate surface area is 120 Å². The second kappa shape index (κ2) is 6.13. The lowest BCUT2D eigenvalue weighted by molar-refractivity contribution is 0.386. The Bertz CT molecular complexity index is 792. The molecular formula is C10H11NO8S2. The van der Waals surface area contributed by atoms with Gasteiger partial charge in [0.2, 0.25) is 0 Å². The first-order chi connectivity index (χ1) is 9.53. The normalized spacial score (nSPS) is 11.5. The van der Waals surface area contributed by atoms with Gasteiger partial charge in [-0.25, -0.2) is 0 Å². The summed E-state index contributed by atoms with van der Waals surface area (Å²) in [5, 5.41) is 18.1. The highest BCUT2D eigenvalue weighted by molar-refractivity contribution is 7.86. The van der Waals surface area contributed by atoms with Crippen LogP contribution in [0.25, 0.3) is 0 Å². The molecule has 0 atom stereocenters. The summed E-state index contributed by atoms with van der Waals surface area (Å²) in [4.78, 5) is 0.663. The number of phenolic OH excluding ortho intramolecular Hbond substituents is 2. The molecule has 1 aromatic heterocycles. The van der Waals surface area contributed by atoms with Crippen LogP contribution in [0.15, 0.2) is 46.5 Å². The van der Waals surface area contributed by atoms with Crippen molar-refractivity contribution in [2.45, 2.75) is 9.79 Å². The smallest absolute Gasteiger partial charge is 0.298 e. The van der Waals surface area contributed by atoms with Gasteiger partial charge in [-0.15, -0.1) is 0 Å². The molecule has 0 saturated heterocycles. The van der Waals surface area contributed by atoms with E-state index in [2.05, 4.69) is 4.98 Å². The number of hydrogen-bond donors (Lipinski definition) is 5. The number of H-pyrrole nitrogens is 1. The molecule has 2 aromatic rings. The molecule has 5 N–H and O–H groups in total. The molecule has 21 heavy (non-hydrogen) atoms. The van der Waals surface area contributed by atoms with E-state index < -0.39 is 41.5 Å². The quantitative estimate of drug-likeness (QED) is 0.392. The molecule has 0 fully saturated rings. The van der Waals surface area contributed by atoms with Crippen molar-refractivity contribution in [2.24, 2.45) is 0 Å². The van der Waals surface area contributed by atoms with Crippen LogP contribution in [0.4, 0.5) is 0 Å². The highest BCUT2D eigenvalue weighted by Gasteiger charge is 2.23. The Morgan fingerprint density at radius 1 is 0.857 bits per heavy atom. The minimum absolute atomic E-state index is 0.305. The lowest BCUT2D eigenvalue weighted by Crippen LogP contribution is -2.03. The molecule has 0 amide bonds. The van der Waals surface area contributed by atoms with E-state index in [-0.39, 0.29) is 0 Å². The zero-order valence-electron chi connectivity index (χ0n) is 10.2. The molecule has 0 aliphatic rings. The predicted octanol–water partition coefficient (Wildman–Crippen LogP) is 0.606. The predicted molar refractivity (Wildman–Crippen MR) is 70.2 cm³/mol. The molecule has 2 rings (SSSR count). The summed E-state index contributed by atoms with van der Waals surface area (Å²) in [5.41, 5.74) is 0. The molecule has 0 saturated carbocycles. The molecule has 11 heteroatoms. The van der Waals surface area contributed by atoms with Crippen molar-refractivity contribution in [3.63, 3.8) is 0 Å². The number of aromatic hydroxyl groups is 2. The van der Waals surface area contributed by atoms with Crippen molar-refractivity contribution in [3.8, 4) is 11.5 Å². The number of rotatable bonds is 2. The Kier molecular flexibility index (Phi) is 4.96. The van der Waals surface area contributed by atoms with E-state index in [1.807, 2.05) is 24.5 Å². The molecule has 116 valence electrons. The second-order valence-corrected chi connectivity index (χ2v) is 6.44. The lowest BCUT2D eigenvalue weighted by atomic mass is 10.3.